The predicted molar refractivity (Wildman–Crippen MR) is 162 cm³/mol. The van der Waals surface area contributed by atoms with E-state index < -0.39 is 11.9 Å². The fourth-order valence-electron chi connectivity index (χ4n) is 4.21. The third-order valence-electron chi connectivity index (χ3n) is 6.85. The predicted octanol–water partition coefficient (Wildman–Crippen LogP) is 6.68. The molecule has 0 aliphatic rings. The summed E-state index contributed by atoms with van der Waals surface area (Å²) in [6.45, 7) is 5.13. The number of fused-ring (bicyclic) bond motifs is 2. The van der Waals surface area contributed by atoms with Crippen LogP contribution in [0, 0.1) is 11.8 Å². The van der Waals surface area contributed by atoms with Crippen LogP contribution in [-0.2, 0) is 9.59 Å². The van der Waals surface area contributed by atoms with E-state index in [0.717, 1.165) is 20.2 Å². The number of thiophene rings is 2. The van der Waals surface area contributed by atoms with Crippen LogP contribution in [-0.4, -0.2) is 55.9 Å². The second kappa shape index (κ2) is 13.3. The third-order valence-corrected chi connectivity index (χ3v) is 9.13. The molecule has 2 aromatic carbocycles. The molecule has 0 bridgehead atoms. The smallest absolute Gasteiger partial charge is 0.306 e. The Labute approximate surface area is 251 Å². The molecule has 2 heterocycles. The third kappa shape index (κ3) is 7.08. The van der Waals surface area contributed by atoms with Crippen LogP contribution in [0.1, 0.15) is 53.0 Å². The molecule has 0 fully saturated rings. The number of hydrogen-bond donors (Lipinski definition) is 1. The van der Waals surface area contributed by atoms with Crippen LogP contribution >= 0.6 is 22.7 Å². The van der Waals surface area contributed by atoms with Gasteiger partial charge in [-0.15, -0.1) is 22.7 Å². The maximum Gasteiger partial charge on any atom is 0.306 e. The molecule has 2 aromatic heterocycles. The highest BCUT2D eigenvalue weighted by molar-refractivity contribution is 7.21. The highest BCUT2D eigenvalue weighted by Gasteiger charge is 2.21. The fraction of sp³-hybridized carbons (Fsp3) is 0.355. The molecule has 2 atom stereocenters. The number of benzene rings is 2. The van der Waals surface area contributed by atoms with E-state index in [9.17, 15) is 19.2 Å². The Morgan fingerprint density at radius 3 is 1.60 bits per heavy atom. The van der Waals surface area contributed by atoms with Gasteiger partial charge in [-0.05, 0) is 42.0 Å². The highest BCUT2D eigenvalue weighted by atomic mass is 32.1. The van der Waals surface area contributed by atoms with Gasteiger partial charge in [0.25, 0.3) is 0 Å². The van der Waals surface area contributed by atoms with Crippen molar-refractivity contribution in [1.82, 2.24) is 0 Å². The van der Waals surface area contributed by atoms with Crippen molar-refractivity contribution in [2.75, 3.05) is 27.4 Å². The second-order valence-electron chi connectivity index (χ2n) is 10.0. The van der Waals surface area contributed by atoms with Crippen LogP contribution in [0.4, 0.5) is 0 Å². The first-order valence-electron chi connectivity index (χ1n) is 13.3. The molecule has 0 saturated heterocycles. The molecule has 4 aromatic rings. The van der Waals surface area contributed by atoms with E-state index in [1.54, 1.807) is 38.3 Å². The zero-order valence-corrected chi connectivity index (χ0v) is 25.6. The molecule has 0 aliphatic heterocycles. The Hall–Kier alpha value is -3.96. The van der Waals surface area contributed by atoms with Gasteiger partial charge in [0.1, 0.15) is 19.0 Å². The summed E-state index contributed by atoms with van der Waals surface area (Å²) in [6.07, 6.45) is 0.0968. The number of aliphatic carboxylic acids is 1. The zero-order chi connectivity index (χ0) is 30.6. The number of hydrogen-bond acceptors (Lipinski definition) is 10. The van der Waals surface area contributed by atoms with Crippen molar-refractivity contribution < 1.29 is 43.2 Å². The first-order valence-corrected chi connectivity index (χ1v) is 14.9. The second-order valence-corrected chi connectivity index (χ2v) is 12.2. The quantitative estimate of drug-likeness (QED) is 0.116. The van der Waals surface area contributed by atoms with Crippen molar-refractivity contribution >= 4 is 66.2 Å². The van der Waals surface area contributed by atoms with Crippen LogP contribution in [0.5, 0.6) is 23.0 Å². The summed E-state index contributed by atoms with van der Waals surface area (Å²) in [5.74, 6) is -0.408. The number of carbonyl (C=O) groups excluding carboxylic acids is 3. The molecule has 11 heteroatoms. The van der Waals surface area contributed by atoms with E-state index >= 15 is 0 Å². The maximum atomic E-state index is 12.7. The number of methoxy groups -OCH3 is 2. The molecule has 0 spiro atoms. The minimum Gasteiger partial charge on any atom is -0.493 e. The lowest BCUT2D eigenvalue weighted by atomic mass is 10.0. The molecule has 0 saturated carbocycles. The number of ether oxygens (including phenoxy) is 4. The first kappa shape index (κ1) is 31.0. The Balaban J connectivity index is 1.43. The Morgan fingerprint density at radius 1 is 0.690 bits per heavy atom. The summed E-state index contributed by atoms with van der Waals surface area (Å²) in [6, 6.07) is 10.8. The Morgan fingerprint density at radius 2 is 1.12 bits per heavy atom. The van der Waals surface area contributed by atoms with Gasteiger partial charge in [-0.1, -0.05) is 13.8 Å². The van der Waals surface area contributed by atoms with Gasteiger partial charge in [0, 0.05) is 40.3 Å². The number of rotatable bonds is 15. The normalized spacial score (nSPS) is 12.6. The van der Waals surface area contributed by atoms with E-state index in [2.05, 4.69) is 0 Å². The summed E-state index contributed by atoms with van der Waals surface area (Å²) in [7, 11) is 3.07. The monoisotopic (exact) mass is 612 g/mol. The van der Waals surface area contributed by atoms with Crippen LogP contribution in [0.15, 0.2) is 36.4 Å². The SMILES string of the molecule is COc1cc2sc(C(=O)C[C@H](C)C(C)=O)cc2cc1OCCOc1cc2sc(C(=O)C[C@H](C)C(=O)O)cc2cc1OC. The highest BCUT2D eigenvalue weighted by Crippen LogP contribution is 2.39. The molecule has 222 valence electrons. The minimum absolute atomic E-state index is 0.0144. The summed E-state index contributed by atoms with van der Waals surface area (Å²) in [5, 5.41) is 10.8. The topological polar surface area (TPSA) is 125 Å². The van der Waals surface area contributed by atoms with Crippen molar-refractivity contribution in [3.05, 3.63) is 46.2 Å². The van der Waals surface area contributed by atoms with Crippen LogP contribution in [0.25, 0.3) is 20.2 Å². The van der Waals surface area contributed by atoms with Gasteiger partial charge in [-0.2, -0.15) is 0 Å². The number of carboxylic acid groups (broad SMARTS) is 1. The van der Waals surface area contributed by atoms with E-state index in [4.69, 9.17) is 24.1 Å². The molecular formula is C31H32O9S2. The number of carbonyl (C=O) groups is 4. The van der Waals surface area contributed by atoms with E-state index in [1.807, 2.05) is 12.1 Å². The maximum absolute atomic E-state index is 12.7. The lowest BCUT2D eigenvalue weighted by Gasteiger charge is -2.13. The standard InChI is InChI=1S/C31H32O9S2/c1-16(18(3)32)8-21(33)29-13-20-11-25(24(38-5)14-27(20)41-29)39-6-7-40-26-15-28-19(10-23(26)37-4)12-30(42-28)22(34)9-17(2)31(35)36/h10-17H,6-9H2,1-5H3,(H,35,36)/t16-,17-/m0/s1. The molecular weight excluding hydrogens is 580 g/mol. The van der Waals surface area contributed by atoms with Crippen molar-refractivity contribution in [1.29, 1.82) is 0 Å². The Bertz CT molecular complexity index is 1530. The molecule has 4 rings (SSSR count). The molecule has 0 radical (unpaired) electrons. The van der Waals surface area contributed by atoms with Crippen molar-refractivity contribution in [2.24, 2.45) is 11.8 Å². The van der Waals surface area contributed by atoms with E-state index in [-0.39, 0.29) is 49.3 Å². The van der Waals surface area contributed by atoms with Gasteiger partial charge in [-0.3, -0.25) is 19.2 Å². The van der Waals surface area contributed by atoms with Crippen molar-refractivity contribution in [3.63, 3.8) is 0 Å². The minimum atomic E-state index is -1.01. The molecule has 0 amide bonds. The van der Waals surface area contributed by atoms with Gasteiger partial charge in [-0.25, -0.2) is 0 Å². The van der Waals surface area contributed by atoms with Crippen LogP contribution < -0.4 is 18.9 Å². The Kier molecular flexibility index (Phi) is 9.85. The average Bonchev–Trinajstić information content (AvgIpc) is 3.57. The summed E-state index contributed by atoms with van der Waals surface area (Å²) >= 11 is 2.63. The van der Waals surface area contributed by atoms with Gasteiger partial charge in [0.05, 0.1) is 29.9 Å². The fourth-order valence-corrected chi connectivity index (χ4v) is 6.25. The van der Waals surface area contributed by atoms with Crippen LogP contribution in [0.3, 0.4) is 0 Å². The summed E-state index contributed by atoms with van der Waals surface area (Å²) in [4.78, 5) is 49.0. The lowest BCUT2D eigenvalue weighted by Crippen LogP contribution is -2.13. The van der Waals surface area contributed by atoms with Gasteiger partial charge in [0.2, 0.25) is 0 Å². The lowest BCUT2D eigenvalue weighted by molar-refractivity contribution is -0.141. The summed E-state index contributed by atoms with van der Waals surface area (Å²) < 4.78 is 24.6. The molecule has 0 aliphatic carbocycles. The average molecular weight is 613 g/mol. The van der Waals surface area contributed by atoms with Gasteiger partial charge >= 0.3 is 5.97 Å². The largest absolute Gasteiger partial charge is 0.493 e. The number of carboxylic acids is 1. The molecule has 42 heavy (non-hydrogen) atoms. The van der Waals surface area contributed by atoms with Gasteiger partial charge < -0.3 is 24.1 Å². The molecule has 1 N–H and O–H groups in total. The zero-order valence-electron chi connectivity index (χ0n) is 24.0. The van der Waals surface area contributed by atoms with Gasteiger partial charge in [0.15, 0.2) is 34.6 Å². The van der Waals surface area contributed by atoms with E-state index in [1.165, 1.54) is 43.6 Å². The van der Waals surface area contributed by atoms with Crippen molar-refractivity contribution in [3.8, 4) is 23.0 Å². The number of Topliss-reactive ketones (excluding diaryl/α,β-unsaturated/α-hetero) is 3. The summed E-state index contributed by atoms with van der Waals surface area (Å²) in [5.41, 5.74) is 0. The van der Waals surface area contributed by atoms with Crippen molar-refractivity contribution in [2.45, 2.75) is 33.6 Å². The molecule has 0 unspecified atom stereocenters. The van der Waals surface area contributed by atoms with E-state index in [0.29, 0.717) is 32.8 Å². The van der Waals surface area contributed by atoms with Crippen LogP contribution in [0.2, 0.25) is 0 Å². The molecule has 9 nitrogen and oxygen atoms in total. The first-order chi connectivity index (χ1) is 20.0. The number of ketones is 3.